The van der Waals surface area contributed by atoms with Crippen LogP contribution in [-0.4, -0.2) is 77.8 Å². The van der Waals surface area contributed by atoms with Gasteiger partial charge in [0.25, 0.3) is 0 Å². The summed E-state index contributed by atoms with van der Waals surface area (Å²) in [7, 11) is 1.46. The van der Waals surface area contributed by atoms with E-state index in [1.54, 1.807) is 23.1 Å². The third-order valence-corrected chi connectivity index (χ3v) is 8.19. The minimum atomic E-state index is -1.14. The molecule has 9 heteroatoms. The molecule has 212 valence electrons. The number of benzene rings is 2. The maximum Gasteiger partial charge on any atom is 0.247 e. The highest BCUT2D eigenvalue weighted by molar-refractivity contribution is 5.96. The molecule has 5 rings (SSSR count). The van der Waals surface area contributed by atoms with Gasteiger partial charge >= 0.3 is 0 Å². The number of carbonyl (C=O) groups excluding carboxylic acids is 3. The third kappa shape index (κ3) is 5.36. The van der Waals surface area contributed by atoms with Gasteiger partial charge in [0.05, 0.1) is 32.1 Å². The van der Waals surface area contributed by atoms with Crippen molar-refractivity contribution < 1.29 is 34.1 Å². The van der Waals surface area contributed by atoms with Crippen LogP contribution in [0.3, 0.4) is 0 Å². The van der Waals surface area contributed by atoms with Crippen LogP contribution in [0.1, 0.15) is 59.5 Å². The van der Waals surface area contributed by atoms with Gasteiger partial charge in [0, 0.05) is 29.3 Å². The Kier molecular flexibility index (Phi) is 8.52. The van der Waals surface area contributed by atoms with Gasteiger partial charge in [-0.1, -0.05) is 49.6 Å². The molecule has 4 atom stereocenters. The Balaban J connectivity index is 1.59. The van der Waals surface area contributed by atoms with Gasteiger partial charge in [-0.3, -0.25) is 14.4 Å². The van der Waals surface area contributed by atoms with E-state index in [4.69, 9.17) is 9.47 Å². The highest BCUT2D eigenvalue weighted by Crippen LogP contribution is 2.51. The van der Waals surface area contributed by atoms with E-state index in [1.165, 1.54) is 7.11 Å². The number of ether oxygens (including phenoxy) is 2. The van der Waals surface area contributed by atoms with Gasteiger partial charge in [-0.05, 0) is 36.6 Å². The number of hydrogen-bond donors (Lipinski definition) is 3. The highest BCUT2D eigenvalue weighted by atomic mass is 16.5. The zero-order valence-corrected chi connectivity index (χ0v) is 22.6. The molecule has 2 amide bonds. The van der Waals surface area contributed by atoms with Crippen molar-refractivity contribution in [2.45, 2.75) is 68.7 Å². The second-order valence-electron chi connectivity index (χ2n) is 10.7. The van der Waals surface area contributed by atoms with Gasteiger partial charge in [-0.15, -0.1) is 0 Å². The molecule has 3 aliphatic rings. The van der Waals surface area contributed by atoms with E-state index < -0.39 is 30.1 Å². The molecule has 1 fully saturated rings. The summed E-state index contributed by atoms with van der Waals surface area (Å²) in [5.74, 6) is -0.540. The molecule has 2 aliphatic carbocycles. The van der Waals surface area contributed by atoms with Crippen LogP contribution < -0.4 is 14.8 Å². The van der Waals surface area contributed by atoms with E-state index in [9.17, 15) is 24.6 Å². The molecule has 1 heterocycles. The first-order valence-electron chi connectivity index (χ1n) is 13.9. The van der Waals surface area contributed by atoms with Crippen molar-refractivity contribution in [2.75, 3.05) is 20.3 Å². The monoisotopic (exact) mass is 548 g/mol. The molecule has 9 nitrogen and oxygen atoms in total. The maximum absolute atomic E-state index is 14.0. The molecule has 0 bridgehead atoms. The number of aliphatic hydroxyl groups is 2. The standard InChI is InChI=1S/C31H36N2O7/c1-39-25-15-20(18-35)14-22-27-23(31(38)32-12-13-34)17-24(28(37)30(27)40-29(22)25)33(21-10-6-3-7-11-21)26(36)16-19-8-4-2-5-9-19/h2,4-5,8-9,14-15,17-18,21,24,27-28,30,34,37H,3,6-7,10-13,16H2,1H3,(H,32,38). The van der Waals surface area contributed by atoms with Crippen molar-refractivity contribution in [3.8, 4) is 11.5 Å². The minimum absolute atomic E-state index is 0.0471. The van der Waals surface area contributed by atoms with Crippen molar-refractivity contribution in [2.24, 2.45) is 0 Å². The Morgan fingerprint density at radius 2 is 1.90 bits per heavy atom. The van der Waals surface area contributed by atoms with E-state index in [0.29, 0.717) is 34.5 Å². The van der Waals surface area contributed by atoms with E-state index in [1.807, 2.05) is 30.3 Å². The molecule has 0 radical (unpaired) electrons. The number of amides is 2. The largest absolute Gasteiger partial charge is 0.493 e. The summed E-state index contributed by atoms with van der Waals surface area (Å²) in [6.07, 6.45) is 5.22. The lowest BCUT2D eigenvalue weighted by Gasteiger charge is -2.45. The smallest absolute Gasteiger partial charge is 0.247 e. The number of nitrogens with zero attached hydrogens (tertiary/aromatic N) is 1. The number of hydrogen-bond acceptors (Lipinski definition) is 7. The fourth-order valence-corrected chi connectivity index (χ4v) is 6.36. The third-order valence-electron chi connectivity index (χ3n) is 8.19. The fraction of sp³-hybridized carbons (Fsp3) is 0.452. The molecular formula is C31H36N2O7. The lowest BCUT2D eigenvalue weighted by atomic mass is 9.76. The summed E-state index contributed by atoms with van der Waals surface area (Å²) >= 11 is 0. The summed E-state index contributed by atoms with van der Waals surface area (Å²) in [5.41, 5.74) is 2.12. The first-order chi connectivity index (χ1) is 19.5. The summed E-state index contributed by atoms with van der Waals surface area (Å²) in [6.45, 7) is -0.190. The van der Waals surface area contributed by atoms with Crippen LogP contribution in [0.4, 0.5) is 0 Å². The Hall–Kier alpha value is -3.69. The van der Waals surface area contributed by atoms with Crippen LogP contribution in [0.25, 0.3) is 0 Å². The first-order valence-corrected chi connectivity index (χ1v) is 13.9. The van der Waals surface area contributed by atoms with E-state index in [0.717, 1.165) is 37.7 Å². The lowest BCUT2D eigenvalue weighted by Crippen LogP contribution is -2.59. The van der Waals surface area contributed by atoms with E-state index in [2.05, 4.69) is 5.32 Å². The molecule has 0 saturated heterocycles. The van der Waals surface area contributed by atoms with Crippen LogP contribution in [0.2, 0.25) is 0 Å². The van der Waals surface area contributed by atoms with E-state index in [-0.39, 0.29) is 31.5 Å². The topological polar surface area (TPSA) is 125 Å². The number of carbonyl (C=O) groups is 3. The molecule has 0 aromatic heterocycles. The van der Waals surface area contributed by atoms with E-state index >= 15 is 0 Å². The van der Waals surface area contributed by atoms with Crippen molar-refractivity contribution in [1.29, 1.82) is 0 Å². The van der Waals surface area contributed by atoms with Gasteiger partial charge < -0.3 is 29.9 Å². The molecule has 0 spiro atoms. The van der Waals surface area contributed by atoms with Gasteiger partial charge in [0.2, 0.25) is 11.8 Å². The SMILES string of the molecule is COc1cc(C=O)cc2c1OC1C2C(C(=O)NCCO)=CC(N(C(=O)Cc2ccccc2)C2CCCCC2)C1O. The van der Waals surface area contributed by atoms with Crippen LogP contribution in [0.5, 0.6) is 11.5 Å². The normalized spacial score (nSPS) is 23.7. The highest BCUT2D eigenvalue weighted by Gasteiger charge is 2.52. The molecule has 2 aromatic carbocycles. The van der Waals surface area contributed by atoms with Gasteiger partial charge in [-0.25, -0.2) is 0 Å². The summed E-state index contributed by atoms with van der Waals surface area (Å²) in [5, 5.41) is 23.9. The molecule has 2 aromatic rings. The average molecular weight is 549 g/mol. The first kappa shape index (κ1) is 27.9. The van der Waals surface area contributed by atoms with Crippen LogP contribution in [0.15, 0.2) is 54.1 Å². The molecule has 3 N–H and O–H groups in total. The Labute approximate surface area is 233 Å². The zero-order chi connectivity index (χ0) is 28.2. The Morgan fingerprint density at radius 3 is 2.58 bits per heavy atom. The van der Waals surface area contributed by atoms with Gasteiger partial charge in [0.1, 0.15) is 18.5 Å². The molecule has 4 unspecified atom stereocenters. The molecule has 40 heavy (non-hydrogen) atoms. The number of methoxy groups -OCH3 is 1. The van der Waals surface area contributed by atoms with Gasteiger partial charge in [0.15, 0.2) is 11.5 Å². The zero-order valence-electron chi connectivity index (χ0n) is 22.6. The fourth-order valence-electron chi connectivity index (χ4n) is 6.36. The summed E-state index contributed by atoms with van der Waals surface area (Å²) in [4.78, 5) is 40.9. The second kappa shape index (κ2) is 12.2. The van der Waals surface area contributed by atoms with Gasteiger partial charge in [-0.2, -0.15) is 0 Å². The quantitative estimate of drug-likeness (QED) is 0.411. The molecule has 1 aliphatic heterocycles. The van der Waals surface area contributed by atoms with Crippen LogP contribution in [-0.2, 0) is 16.0 Å². The maximum atomic E-state index is 14.0. The predicted molar refractivity (Wildman–Crippen MR) is 147 cm³/mol. The van der Waals surface area contributed by atoms with Crippen LogP contribution >= 0.6 is 0 Å². The predicted octanol–water partition coefficient (Wildman–Crippen LogP) is 2.53. The molecule has 1 saturated carbocycles. The lowest BCUT2D eigenvalue weighted by molar-refractivity contribution is -0.140. The van der Waals surface area contributed by atoms with Crippen molar-refractivity contribution in [3.63, 3.8) is 0 Å². The van der Waals surface area contributed by atoms with Crippen molar-refractivity contribution in [3.05, 3.63) is 70.8 Å². The number of aldehydes is 1. The summed E-state index contributed by atoms with van der Waals surface area (Å²) in [6, 6.07) is 11.8. The van der Waals surface area contributed by atoms with Crippen LogP contribution in [0, 0.1) is 0 Å². The second-order valence-corrected chi connectivity index (χ2v) is 10.7. The Bertz CT molecular complexity index is 1270. The number of aliphatic hydroxyl groups excluding tert-OH is 2. The minimum Gasteiger partial charge on any atom is -0.493 e. The number of nitrogens with one attached hydrogen (secondary N) is 1. The Morgan fingerprint density at radius 1 is 1.15 bits per heavy atom. The average Bonchev–Trinajstić information content (AvgIpc) is 3.37. The number of rotatable bonds is 9. The molecular weight excluding hydrogens is 512 g/mol. The van der Waals surface area contributed by atoms with Crippen molar-refractivity contribution >= 4 is 18.1 Å². The summed E-state index contributed by atoms with van der Waals surface area (Å²) < 4.78 is 11.8. The van der Waals surface area contributed by atoms with Crippen molar-refractivity contribution in [1.82, 2.24) is 10.2 Å². The number of fused-ring (bicyclic) bond motifs is 3.